The van der Waals surface area contributed by atoms with Crippen LogP contribution in [0.15, 0.2) is 24.3 Å². The first-order chi connectivity index (χ1) is 10.5. The molecule has 0 saturated carbocycles. The molecular weight excluding hydrogens is 272 g/mol. The van der Waals surface area contributed by atoms with Gasteiger partial charge in [-0.3, -0.25) is 4.79 Å². The highest BCUT2D eigenvalue weighted by Gasteiger charge is 2.16. The number of carbonyl (C=O) groups excluding carboxylic acids is 1. The highest BCUT2D eigenvalue weighted by Crippen LogP contribution is 2.17. The Kier molecular flexibility index (Phi) is 6.44. The van der Waals surface area contributed by atoms with Crippen molar-refractivity contribution < 1.29 is 4.79 Å². The van der Waals surface area contributed by atoms with Crippen molar-refractivity contribution in [2.24, 2.45) is 11.8 Å². The van der Waals surface area contributed by atoms with Gasteiger partial charge in [0.15, 0.2) is 0 Å². The van der Waals surface area contributed by atoms with Gasteiger partial charge in [0.1, 0.15) is 0 Å². The Morgan fingerprint density at radius 2 is 2.00 bits per heavy atom. The Balaban J connectivity index is 1.77. The average molecular weight is 302 g/mol. The van der Waals surface area contributed by atoms with Gasteiger partial charge in [-0.1, -0.05) is 38.1 Å². The van der Waals surface area contributed by atoms with Crippen LogP contribution in [-0.4, -0.2) is 19.0 Å². The summed E-state index contributed by atoms with van der Waals surface area (Å²) in [7, 11) is 0. The summed E-state index contributed by atoms with van der Waals surface area (Å²) < 4.78 is 0. The summed E-state index contributed by atoms with van der Waals surface area (Å²) in [6.07, 6.45) is 3.96. The number of benzene rings is 1. The van der Waals surface area contributed by atoms with Crippen LogP contribution in [0.2, 0.25) is 0 Å². The SMILES string of the molecule is CC(C)Cc1ccc(C(C)NC(=O)CCC2CCNC2)cc1. The predicted molar refractivity (Wildman–Crippen MR) is 91.8 cm³/mol. The van der Waals surface area contributed by atoms with E-state index in [0.29, 0.717) is 18.3 Å². The number of hydrogen-bond donors (Lipinski definition) is 2. The fourth-order valence-electron chi connectivity index (χ4n) is 3.11. The van der Waals surface area contributed by atoms with Crippen molar-refractivity contribution in [3.05, 3.63) is 35.4 Å². The van der Waals surface area contributed by atoms with Gasteiger partial charge in [-0.15, -0.1) is 0 Å². The zero-order chi connectivity index (χ0) is 15.9. The van der Waals surface area contributed by atoms with Crippen LogP contribution < -0.4 is 10.6 Å². The van der Waals surface area contributed by atoms with Gasteiger partial charge in [0, 0.05) is 6.42 Å². The van der Waals surface area contributed by atoms with Crippen LogP contribution in [-0.2, 0) is 11.2 Å². The van der Waals surface area contributed by atoms with Gasteiger partial charge in [0.05, 0.1) is 6.04 Å². The largest absolute Gasteiger partial charge is 0.350 e. The molecule has 2 N–H and O–H groups in total. The van der Waals surface area contributed by atoms with Crippen molar-refractivity contribution in [2.45, 2.75) is 52.5 Å². The van der Waals surface area contributed by atoms with Crippen LogP contribution in [0, 0.1) is 11.8 Å². The molecule has 1 aliphatic rings. The van der Waals surface area contributed by atoms with Gasteiger partial charge >= 0.3 is 0 Å². The molecule has 2 atom stereocenters. The third-order valence-electron chi connectivity index (χ3n) is 4.44. The number of hydrogen-bond acceptors (Lipinski definition) is 2. The minimum absolute atomic E-state index is 0.0855. The third-order valence-corrected chi connectivity index (χ3v) is 4.44. The summed E-state index contributed by atoms with van der Waals surface area (Å²) in [6, 6.07) is 8.74. The second-order valence-corrected chi connectivity index (χ2v) is 7.03. The lowest BCUT2D eigenvalue weighted by atomic mass is 9.99. The highest BCUT2D eigenvalue weighted by molar-refractivity contribution is 5.76. The topological polar surface area (TPSA) is 41.1 Å². The Bertz CT molecular complexity index is 461. The zero-order valence-electron chi connectivity index (χ0n) is 14.2. The lowest BCUT2D eigenvalue weighted by molar-refractivity contribution is -0.122. The molecule has 3 nitrogen and oxygen atoms in total. The molecule has 3 heteroatoms. The second-order valence-electron chi connectivity index (χ2n) is 7.03. The Labute approximate surface area is 134 Å². The van der Waals surface area contributed by atoms with E-state index in [9.17, 15) is 4.79 Å². The van der Waals surface area contributed by atoms with E-state index in [0.717, 1.165) is 25.9 Å². The molecule has 1 heterocycles. The third kappa shape index (κ3) is 5.45. The van der Waals surface area contributed by atoms with E-state index >= 15 is 0 Å². The highest BCUT2D eigenvalue weighted by atomic mass is 16.1. The van der Waals surface area contributed by atoms with E-state index < -0.39 is 0 Å². The smallest absolute Gasteiger partial charge is 0.220 e. The molecule has 2 rings (SSSR count). The maximum Gasteiger partial charge on any atom is 0.220 e. The first-order valence-electron chi connectivity index (χ1n) is 8.63. The van der Waals surface area contributed by atoms with Gasteiger partial charge in [0.25, 0.3) is 0 Å². The maximum absolute atomic E-state index is 12.1. The van der Waals surface area contributed by atoms with E-state index in [1.165, 1.54) is 17.5 Å². The average Bonchev–Trinajstić information content (AvgIpc) is 2.98. The van der Waals surface area contributed by atoms with E-state index in [1.54, 1.807) is 0 Å². The molecule has 0 bridgehead atoms. The van der Waals surface area contributed by atoms with Gasteiger partial charge in [-0.25, -0.2) is 0 Å². The molecule has 1 fully saturated rings. The van der Waals surface area contributed by atoms with Crippen LogP contribution in [0.4, 0.5) is 0 Å². The fourth-order valence-corrected chi connectivity index (χ4v) is 3.11. The Morgan fingerprint density at radius 3 is 2.59 bits per heavy atom. The van der Waals surface area contributed by atoms with E-state index in [-0.39, 0.29) is 11.9 Å². The van der Waals surface area contributed by atoms with Crippen molar-refractivity contribution in [3.8, 4) is 0 Å². The van der Waals surface area contributed by atoms with Crippen LogP contribution in [0.3, 0.4) is 0 Å². The van der Waals surface area contributed by atoms with Crippen molar-refractivity contribution in [1.29, 1.82) is 0 Å². The summed E-state index contributed by atoms with van der Waals surface area (Å²) in [5.74, 6) is 1.52. The molecule has 0 radical (unpaired) electrons. The molecule has 0 aliphatic carbocycles. The minimum Gasteiger partial charge on any atom is -0.350 e. The molecule has 1 saturated heterocycles. The van der Waals surface area contributed by atoms with Gasteiger partial charge in [0.2, 0.25) is 5.91 Å². The van der Waals surface area contributed by atoms with Gasteiger partial charge in [-0.2, -0.15) is 0 Å². The zero-order valence-corrected chi connectivity index (χ0v) is 14.2. The first kappa shape index (κ1) is 17.0. The molecule has 22 heavy (non-hydrogen) atoms. The monoisotopic (exact) mass is 302 g/mol. The Hall–Kier alpha value is -1.35. The van der Waals surface area contributed by atoms with Crippen molar-refractivity contribution in [1.82, 2.24) is 10.6 Å². The fraction of sp³-hybridized carbons (Fsp3) is 0.632. The Morgan fingerprint density at radius 1 is 1.27 bits per heavy atom. The normalized spacial score (nSPS) is 19.4. The molecular formula is C19H30N2O. The summed E-state index contributed by atoms with van der Waals surface area (Å²) in [5.41, 5.74) is 2.55. The summed E-state index contributed by atoms with van der Waals surface area (Å²) >= 11 is 0. The summed E-state index contributed by atoms with van der Waals surface area (Å²) in [6.45, 7) is 8.70. The molecule has 1 aliphatic heterocycles. The van der Waals surface area contributed by atoms with Crippen molar-refractivity contribution in [3.63, 3.8) is 0 Å². The van der Waals surface area contributed by atoms with Gasteiger partial charge < -0.3 is 10.6 Å². The van der Waals surface area contributed by atoms with Crippen LogP contribution in [0.5, 0.6) is 0 Å². The molecule has 2 unspecified atom stereocenters. The van der Waals surface area contributed by atoms with E-state index in [1.807, 2.05) is 0 Å². The first-order valence-corrected chi connectivity index (χ1v) is 8.63. The van der Waals surface area contributed by atoms with E-state index in [4.69, 9.17) is 0 Å². The molecule has 1 amide bonds. The van der Waals surface area contributed by atoms with E-state index in [2.05, 4.69) is 55.7 Å². The summed E-state index contributed by atoms with van der Waals surface area (Å²) in [5, 5.41) is 6.47. The number of amides is 1. The standard InChI is InChI=1S/C19H30N2O/c1-14(2)12-16-4-7-18(8-5-16)15(3)21-19(22)9-6-17-10-11-20-13-17/h4-5,7-8,14-15,17,20H,6,9-13H2,1-3H3,(H,21,22). The predicted octanol–water partition coefficient (Wildman–Crippen LogP) is 3.45. The second kappa shape index (κ2) is 8.33. The van der Waals surface area contributed by atoms with Gasteiger partial charge in [-0.05, 0) is 62.2 Å². The summed E-state index contributed by atoms with van der Waals surface area (Å²) in [4.78, 5) is 12.1. The molecule has 1 aromatic rings. The van der Waals surface area contributed by atoms with Crippen molar-refractivity contribution in [2.75, 3.05) is 13.1 Å². The number of carbonyl (C=O) groups is 1. The number of rotatable bonds is 7. The quantitative estimate of drug-likeness (QED) is 0.810. The minimum atomic E-state index is 0.0855. The number of nitrogens with one attached hydrogen (secondary N) is 2. The lowest BCUT2D eigenvalue weighted by Crippen LogP contribution is -2.27. The van der Waals surface area contributed by atoms with Crippen LogP contribution in [0.25, 0.3) is 0 Å². The molecule has 0 aromatic heterocycles. The van der Waals surface area contributed by atoms with Crippen LogP contribution >= 0.6 is 0 Å². The maximum atomic E-state index is 12.1. The molecule has 0 spiro atoms. The van der Waals surface area contributed by atoms with Crippen molar-refractivity contribution >= 4 is 5.91 Å². The molecule has 122 valence electrons. The lowest BCUT2D eigenvalue weighted by Gasteiger charge is -2.16. The van der Waals surface area contributed by atoms with Crippen LogP contribution in [0.1, 0.15) is 57.2 Å². The molecule has 1 aromatic carbocycles.